The average Bonchev–Trinajstić information content (AvgIpc) is 3.03. The van der Waals surface area contributed by atoms with Gasteiger partial charge in [0.2, 0.25) is 0 Å². The van der Waals surface area contributed by atoms with E-state index < -0.39 is 10.0 Å². The van der Waals surface area contributed by atoms with Crippen LogP contribution in [0.15, 0.2) is 52.1 Å². The lowest BCUT2D eigenvalue weighted by Crippen LogP contribution is -3.12. The molecule has 1 aromatic heterocycles. The lowest BCUT2D eigenvalue weighted by Gasteiger charge is -2.36. The fourth-order valence-corrected chi connectivity index (χ4v) is 5.50. The van der Waals surface area contributed by atoms with Crippen molar-refractivity contribution in [3.05, 3.63) is 53.4 Å². The third-order valence-electron chi connectivity index (χ3n) is 3.89. The van der Waals surface area contributed by atoms with Crippen molar-refractivity contribution in [1.82, 2.24) is 4.31 Å². The molecular formula is C15H19N2O2S2+. The Morgan fingerprint density at radius 3 is 2.62 bits per heavy atom. The van der Waals surface area contributed by atoms with Crippen LogP contribution in [-0.4, -0.2) is 39.4 Å². The third kappa shape index (κ3) is 2.89. The molecule has 21 heavy (non-hydrogen) atoms. The van der Waals surface area contributed by atoms with Gasteiger partial charge < -0.3 is 4.90 Å². The van der Waals surface area contributed by atoms with Gasteiger partial charge >= 0.3 is 0 Å². The number of thiophene rings is 1. The molecule has 1 fully saturated rings. The molecule has 4 nitrogen and oxygen atoms in total. The van der Waals surface area contributed by atoms with Crippen LogP contribution in [0.4, 0.5) is 0 Å². The molecule has 112 valence electrons. The average molecular weight is 323 g/mol. The standard InChI is InChI=1S/C15H18N2O2S2/c1-16-9-10-17(21(18,19)15-8-5-11-20-15)14(12-16)13-6-3-2-4-7-13/h2-8,11,14H,9-10,12H2,1H3/p+1/t14-/m0/s1. The Labute approximate surface area is 129 Å². The minimum Gasteiger partial charge on any atom is -0.335 e. The summed E-state index contributed by atoms with van der Waals surface area (Å²) in [6.07, 6.45) is 0. The summed E-state index contributed by atoms with van der Waals surface area (Å²) in [6.45, 7) is 2.20. The number of rotatable bonds is 3. The molecule has 0 amide bonds. The van der Waals surface area contributed by atoms with Gasteiger partial charge in [0, 0.05) is 0 Å². The van der Waals surface area contributed by atoms with Gasteiger partial charge in [0.05, 0.1) is 32.7 Å². The summed E-state index contributed by atoms with van der Waals surface area (Å²) in [6, 6.07) is 13.3. The van der Waals surface area contributed by atoms with Crippen molar-refractivity contribution >= 4 is 21.4 Å². The van der Waals surface area contributed by atoms with Gasteiger partial charge in [0.15, 0.2) is 0 Å². The number of sulfonamides is 1. The summed E-state index contributed by atoms with van der Waals surface area (Å²) in [5, 5.41) is 1.81. The van der Waals surface area contributed by atoms with Crippen LogP contribution in [-0.2, 0) is 10.0 Å². The summed E-state index contributed by atoms with van der Waals surface area (Å²) in [4.78, 5) is 1.36. The molecule has 6 heteroatoms. The van der Waals surface area contributed by atoms with Crippen LogP contribution in [0.1, 0.15) is 11.6 Å². The molecule has 1 aromatic carbocycles. The van der Waals surface area contributed by atoms with Gasteiger partial charge in [-0.3, -0.25) is 0 Å². The number of piperazine rings is 1. The van der Waals surface area contributed by atoms with Crippen LogP contribution >= 0.6 is 11.3 Å². The summed E-state index contributed by atoms with van der Waals surface area (Å²) in [5.41, 5.74) is 1.07. The molecule has 1 unspecified atom stereocenters. The van der Waals surface area contributed by atoms with Crippen molar-refractivity contribution in [2.45, 2.75) is 10.3 Å². The fraction of sp³-hybridized carbons (Fsp3) is 0.333. The molecule has 2 atom stereocenters. The lowest BCUT2D eigenvalue weighted by atomic mass is 10.1. The van der Waals surface area contributed by atoms with Crippen molar-refractivity contribution in [2.24, 2.45) is 0 Å². The highest BCUT2D eigenvalue weighted by molar-refractivity contribution is 7.91. The largest absolute Gasteiger partial charge is 0.335 e. The Morgan fingerprint density at radius 1 is 1.19 bits per heavy atom. The van der Waals surface area contributed by atoms with Gasteiger partial charge in [-0.2, -0.15) is 4.31 Å². The van der Waals surface area contributed by atoms with Crippen LogP contribution in [0, 0.1) is 0 Å². The number of likely N-dealkylation sites (N-methyl/N-ethyl adjacent to an activating group) is 1. The van der Waals surface area contributed by atoms with Crippen molar-refractivity contribution in [3.63, 3.8) is 0 Å². The van der Waals surface area contributed by atoms with E-state index in [1.165, 1.54) is 16.2 Å². The number of hydrogen-bond donors (Lipinski definition) is 1. The van der Waals surface area contributed by atoms with Crippen LogP contribution in [0.25, 0.3) is 0 Å². The summed E-state index contributed by atoms with van der Waals surface area (Å²) >= 11 is 1.29. The van der Waals surface area contributed by atoms with Gasteiger partial charge in [0.1, 0.15) is 4.21 Å². The molecule has 0 saturated carbocycles. The monoisotopic (exact) mass is 323 g/mol. The topological polar surface area (TPSA) is 41.8 Å². The van der Waals surface area contributed by atoms with Crippen molar-refractivity contribution < 1.29 is 13.3 Å². The molecule has 1 aliphatic heterocycles. The number of benzene rings is 1. The Balaban J connectivity index is 1.99. The normalized spacial score (nSPS) is 24.0. The second-order valence-electron chi connectivity index (χ2n) is 5.39. The van der Waals surface area contributed by atoms with Gasteiger partial charge in [-0.15, -0.1) is 11.3 Å². The second kappa shape index (κ2) is 5.88. The molecule has 0 radical (unpaired) electrons. The van der Waals surface area contributed by atoms with Gasteiger partial charge in [-0.05, 0) is 17.0 Å². The van der Waals surface area contributed by atoms with E-state index in [0.717, 1.165) is 18.7 Å². The summed E-state index contributed by atoms with van der Waals surface area (Å²) in [5.74, 6) is 0. The molecule has 0 aliphatic carbocycles. The molecule has 2 aromatic rings. The van der Waals surface area contributed by atoms with Crippen molar-refractivity contribution in [3.8, 4) is 0 Å². The zero-order valence-corrected chi connectivity index (χ0v) is 13.5. The molecule has 0 bridgehead atoms. The number of quaternary nitrogens is 1. The second-order valence-corrected chi connectivity index (χ2v) is 8.45. The maximum Gasteiger partial charge on any atom is 0.253 e. The lowest BCUT2D eigenvalue weighted by molar-refractivity contribution is -0.887. The van der Waals surface area contributed by atoms with E-state index in [9.17, 15) is 8.42 Å². The van der Waals surface area contributed by atoms with E-state index in [-0.39, 0.29) is 6.04 Å². The molecule has 0 spiro atoms. The number of nitrogens with one attached hydrogen (secondary N) is 1. The van der Waals surface area contributed by atoms with Crippen LogP contribution < -0.4 is 4.90 Å². The molecular weight excluding hydrogens is 304 g/mol. The van der Waals surface area contributed by atoms with E-state index in [1.54, 1.807) is 16.4 Å². The molecule has 3 rings (SSSR count). The molecule has 2 heterocycles. The Hall–Kier alpha value is -1.21. The quantitative estimate of drug-likeness (QED) is 0.916. The van der Waals surface area contributed by atoms with Crippen LogP contribution in [0.3, 0.4) is 0 Å². The SMILES string of the molecule is C[NH+]1CCN(S(=O)(=O)c2cccs2)[C@H](c2ccccc2)C1. The predicted octanol–water partition coefficient (Wildman–Crippen LogP) is 1.01. The van der Waals surface area contributed by atoms with Gasteiger partial charge in [0.25, 0.3) is 10.0 Å². The zero-order chi connectivity index (χ0) is 14.9. The first-order chi connectivity index (χ1) is 10.1. The summed E-state index contributed by atoms with van der Waals surface area (Å²) in [7, 11) is -1.28. The Morgan fingerprint density at radius 2 is 1.95 bits per heavy atom. The highest BCUT2D eigenvalue weighted by Crippen LogP contribution is 2.29. The Bertz CT molecular complexity index is 684. The third-order valence-corrected chi connectivity index (χ3v) is 7.17. The molecule has 1 aliphatic rings. The first-order valence-corrected chi connectivity index (χ1v) is 9.32. The highest BCUT2D eigenvalue weighted by atomic mass is 32.2. The smallest absolute Gasteiger partial charge is 0.253 e. The predicted molar refractivity (Wildman–Crippen MR) is 84.0 cm³/mol. The van der Waals surface area contributed by atoms with Gasteiger partial charge in [-0.25, -0.2) is 8.42 Å². The minimum atomic E-state index is -3.40. The maximum absolute atomic E-state index is 12.9. The maximum atomic E-state index is 12.9. The molecule has 1 saturated heterocycles. The van der Waals surface area contributed by atoms with E-state index in [0.29, 0.717) is 10.8 Å². The molecule has 1 N–H and O–H groups in total. The zero-order valence-electron chi connectivity index (χ0n) is 11.9. The van der Waals surface area contributed by atoms with Crippen LogP contribution in [0.2, 0.25) is 0 Å². The fourth-order valence-electron chi connectivity index (χ4n) is 2.76. The highest BCUT2D eigenvalue weighted by Gasteiger charge is 2.38. The number of nitrogens with zero attached hydrogens (tertiary/aromatic N) is 1. The van der Waals surface area contributed by atoms with Gasteiger partial charge in [-0.1, -0.05) is 36.4 Å². The first-order valence-electron chi connectivity index (χ1n) is 7.00. The minimum absolute atomic E-state index is 0.0907. The Kier molecular flexibility index (Phi) is 4.12. The van der Waals surface area contributed by atoms with E-state index in [4.69, 9.17) is 0 Å². The van der Waals surface area contributed by atoms with E-state index in [2.05, 4.69) is 7.05 Å². The number of hydrogen-bond acceptors (Lipinski definition) is 3. The van der Waals surface area contributed by atoms with E-state index in [1.807, 2.05) is 35.7 Å². The van der Waals surface area contributed by atoms with Crippen molar-refractivity contribution in [2.75, 3.05) is 26.7 Å². The van der Waals surface area contributed by atoms with E-state index >= 15 is 0 Å². The first kappa shape index (κ1) is 14.7. The summed E-state index contributed by atoms with van der Waals surface area (Å²) < 4.78 is 27.8. The van der Waals surface area contributed by atoms with Crippen molar-refractivity contribution in [1.29, 1.82) is 0 Å². The van der Waals surface area contributed by atoms with Crippen LogP contribution in [0.5, 0.6) is 0 Å².